The van der Waals surface area contributed by atoms with E-state index >= 15 is 0 Å². The van der Waals surface area contributed by atoms with Gasteiger partial charge in [0.1, 0.15) is 18.3 Å². The molecule has 0 aliphatic carbocycles. The smallest absolute Gasteiger partial charge is 0.296 e. The molecule has 4 aromatic rings. The fourth-order valence-corrected chi connectivity index (χ4v) is 5.76. The van der Waals surface area contributed by atoms with Gasteiger partial charge in [-0.25, -0.2) is 4.98 Å². The number of aliphatic hydroxyl groups excluding tert-OH is 2. The van der Waals surface area contributed by atoms with E-state index in [1.807, 2.05) is 12.1 Å². The molecule has 0 bridgehead atoms. The molecule has 9 nitrogen and oxygen atoms in total. The number of anilines is 1. The van der Waals surface area contributed by atoms with Crippen LogP contribution in [0.1, 0.15) is 6.42 Å². The molecule has 0 saturated carbocycles. The SMILES string of the molecule is O[C@H]1CCN(c2ccc(-c3ccc(-c4nc5nc(O[C@@H]6CO[C@H]7[C@@H]6OC[C@H]7O)[nH]c5cc4Cl)cc3)cc2)C1. The first-order valence-corrected chi connectivity index (χ1v) is 13.2. The fourth-order valence-electron chi connectivity index (χ4n) is 5.50. The molecule has 3 aliphatic rings. The second-order valence-corrected chi connectivity index (χ2v) is 10.5. The summed E-state index contributed by atoms with van der Waals surface area (Å²) < 4.78 is 17.3. The zero-order chi connectivity index (χ0) is 25.8. The lowest BCUT2D eigenvalue weighted by molar-refractivity contribution is 0.00706. The molecule has 2 aromatic carbocycles. The largest absolute Gasteiger partial charge is 0.456 e. The summed E-state index contributed by atoms with van der Waals surface area (Å²) in [7, 11) is 0. The summed E-state index contributed by atoms with van der Waals surface area (Å²) in [6.07, 6.45) is -1.13. The number of aliphatic hydroxyl groups is 2. The Kier molecular flexibility index (Phi) is 5.98. The van der Waals surface area contributed by atoms with Crippen LogP contribution in [0.15, 0.2) is 54.6 Å². The number of benzene rings is 2. The van der Waals surface area contributed by atoms with Gasteiger partial charge in [0.25, 0.3) is 6.01 Å². The first kappa shape index (κ1) is 23.9. The highest BCUT2D eigenvalue weighted by Gasteiger charge is 2.48. The van der Waals surface area contributed by atoms with E-state index in [-0.39, 0.29) is 31.0 Å². The molecule has 2 aromatic heterocycles. The van der Waals surface area contributed by atoms with E-state index < -0.39 is 6.10 Å². The minimum Gasteiger partial charge on any atom is -0.456 e. The van der Waals surface area contributed by atoms with Gasteiger partial charge in [-0.3, -0.25) is 0 Å². The van der Waals surface area contributed by atoms with Crippen LogP contribution in [0.3, 0.4) is 0 Å². The molecule has 38 heavy (non-hydrogen) atoms. The molecule has 5 heterocycles. The zero-order valence-corrected chi connectivity index (χ0v) is 21.2. The third-order valence-electron chi connectivity index (χ3n) is 7.54. The molecular formula is C28H27ClN4O5. The van der Waals surface area contributed by atoms with Gasteiger partial charge in [-0.15, -0.1) is 0 Å². The van der Waals surface area contributed by atoms with Gasteiger partial charge in [-0.2, -0.15) is 4.98 Å². The van der Waals surface area contributed by atoms with Crippen molar-refractivity contribution < 1.29 is 24.4 Å². The Balaban J connectivity index is 1.09. The number of nitrogens with one attached hydrogen (secondary N) is 1. The van der Waals surface area contributed by atoms with Crippen LogP contribution in [0, 0.1) is 0 Å². The van der Waals surface area contributed by atoms with E-state index in [0.29, 0.717) is 41.0 Å². The second-order valence-electron chi connectivity index (χ2n) is 10.1. The van der Waals surface area contributed by atoms with Gasteiger partial charge in [0.2, 0.25) is 0 Å². The average Bonchev–Trinajstić information content (AvgIpc) is 3.71. The van der Waals surface area contributed by atoms with Gasteiger partial charge < -0.3 is 34.3 Å². The topological polar surface area (TPSA) is 113 Å². The van der Waals surface area contributed by atoms with Crippen LogP contribution in [-0.2, 0) is 9.47 Å². The van der Waals surface area contributed by atoms with Crippen molar-refractivity contribution >= 4 is 28.5 Å². The fraction of sp³-hybridized carbons (Fsp3) is 0.357. The van der Waals surface area contributed by atoms with Gasteiger partial charge in [-0.1, -0.05) is 48.0 Å². The van der Waals surface area contributed by atoms with E-state index in [1.165, 1.54) is 0 Å². The summed E-state index contributed by atoms with van der Waals surface area (Å²) in [6.45, 7) is 2.12. The Morgan fingerprint density at radius 3 is 2.37 bits per heavy atom. The number of nitrogens with zero attached hydrogens (tertiary/aromatic N) is 3. The number of H-pyrrole nitrogens is 1. The molecule has 5 atom stereocenters. The monoisotopic (exact) mass is 534 g/mol. The minimum atomic E-state index is -0.636. The number of halogens is 1. The number of imidazole rings is 1. The maximum Gasteiger partial charge on any atom is 0.296 e. The van der Waals surface area contributed by atoms with Gasteiger partial charge in [0.05, 0.1) is 35.6 Å². The lowest BCUT2D eigenvalue weighted by atomic mass is 10.0. The summed E-state index contributed by atoms with van der Waals surface area (Å²) in [5.41, 5.74) is 6.01. The number of pyridine rings is 1. The van der Waals surface area contributed by atoms with Gasteiger partial charge in [0, 0.05) is 24.3 Å². The molecule has 3 saturated heterocycles. The first-order valence-electron chi connectivity index (χ1n) is 12.8. The molecule has 3 aliphatic heterocycles. The van der Waals surface area contributed by atoms with Crippen LogP contribution in [0.2, 0.25) is 5.02 Å². The van der Waals surface area contributed by atoms with Crippen molar-refractivity contribution in [2.24, 2.45) is 0 Å². The maximum atomic E-state index is 9.95. The van der Waals surface area contributed by atoms with E-state index in [9.17, 15) is 10.2 Å². The molecule has 7 rings (SSSR count). The van der Waals surface area contributed by atoms with E-state index in [1.54, 1.807) is 6.07 Å². The van der Waals surface area contributed by atoms with Gasteiger partial charge >= 0.3 is 0 Å². The molecule has 3 fully saturated rings. The Morgan fingerprint density at radius 1 is 0.921 bits per heavy atom. The lowest BCUT2D eigenvalue weighted by Gasteiger charge is -2.18. The number of aromatic amines is 1. The highest BCUT2D eigenvalue weighted by molar-refractivity contribution is 6.33. The van der Waals surface area contributed by atoms with Crippen molar-refractivity contribution in [1.82, 2.24) is 15.0 Å². The maximum absolute atomic E-state index is 9.95. The van der Waals surface area contributed by atoms with Crippen molar-refractivity contribution in [3.63, 3.8) is 0 Å². The van der Waals surface area contributed by atoms with E-state index in [0.717, 1.165) is 35.3 Å². The normalized spacial score (nSPS) is 26.8. The van der Waals surface area contributed by atoms with Crippen LogP contribution in [0.25, 0.3) is 33.5 Å². The third kappa shape index (κ3) is 4.30. The number of fused-ring (bicyclic) bond motifs is 2. The Bertz CT molecular complexity index is 1460. The van der Waals surface area contributed by atoms with Crippen molar-refractivity contribution in [3.05, 3.63) is 59.6 Å². The summed E-state index contributed by atoms with van der Waals surface area (Å²) in [5.74, 6) is 0. The van der Waals surface area contributed by atoms with Gasteiger partial charge in [-0.05, 0) is 35.7 Å². The zero-order valence-electron chi connectivity index (χ0n) is 20.5. The highest BCUT2D eigenvalue weighted by Crippen LogP contribution is 2.33. The van der Waals surface area contributed by atoms with E-state index in [4.69, 9.17) is 30.8 Å². The lowest BCUT2D eigenvalue weighted by Crippen LogP contribution is -2.34. The molecule has 10 heteroatoms. The quantitative estimate of drug-likeness (QED) is 0.357. The van der Waals surface area contributed by atoms with Crippen molar-refractivity contribution in [2.45, 2.75) is 36.9 Å². The summed E-state index contributed by atoms with van der Waals surface area (Å²) in [6, 6.07) is 18.6. The predicted molar refractivity (Wildman–Crippen MR) is 143 cm³/mol. The Labute approximate surface area is 223 Å². The van der Waals surface area contributed by atoms with Crippen LogP contribution in [0.4, 0.5) is 5.69 Å². The van der Waals surface area contributed by atoms with E-state index in [2.05, 4.69) is 51.3 Å². The summed E-state index contributed by atoms with van der Waals surface area (Å²) >= 11 is 6.61. The molecule has 0 amide bonds. The van der Waals surface area contributed by atoms with Crippen molar-refractivity contribution in [1.29, 1.82) is 0 Å². The molecular weight excluding hydrogens is 508 g/mol. The summed E-state index contributed by atoms with van der Waals surface area (Å²) in [5, 5.41) is 20.3. The van der Waals surface area contributed by atoms with Crippen LogP contribution in [-0.4, -0.2) is 82.0 Å². The van der Waals surface area contributed by atoms with Gasteiger partial charge in [0.15, 0.2) is 11.8 Å². The molecule has 3 N–H and O–H groups in total. The van der Waals surface area contributed by atoms with Crippen LogP contribution < -0.4 is 9.64 Å². The predicted octanol–water partition coefficient (Wildman–Crippen LogP) is 3.42. The average molecular weight is 535 g/mol. The number of ether oxygens (including phenoxy) is 3. The Morgan fingerprint density at radius 2 is 1.63 bits per heavy atom. The number of rotatable bonds is 5. The van der Waals surface area contributed by atoms with Crippen LogP contribution in [0.5, 0.6) is 6.01 Å². The number of hydrogen-bond donors (Lipinski definition) is 3. The standard InChI is InChI=1S/C28H27ClN4O5/c29-20-11-21-27(32-28(30-21)38-23-14-37-25-22(35)13-36-26(23)25)31-24(20)17-3-1-15(2-4-17)16-5-7-18(8-6-16)33-10-9-19(34)12-33/h1-8,11,19,22-23,25-26,34-35H,9-10,12-14H2,(H,30,31,32)/t19-,22+,23+,25+,26+/m0/s1. The molecule has 0 spiro atoms. The first-order chi connectivity index (χ1) is 18.5. The third-order valence-corrected chi connectivity index (χ3v) is 7.83. The molecule has 0 unspecified atom stereocenters. The number of β-amino-alcohol motifs (C(OH)–C–C–N with tert-alkyl or cyclic N) is 1. The molecule has 0 radical (unpaired) electrons. The number of aromatic nitrogens is 3. The second kappa shape index (κ2) is 9.52. The summed E-state index contributed by atoms with van der Waals surface area (Å²) in [4.78, 5) is 14.5. The number of hydrogen-bond acceptors (Lipinski definition) is 8. The highest BCUT2D eigenvalue weighted by atomic mass is 35.5. The Hall–Kier alpha value is -3.21. The van der Waals surface area contributed by atoms with Crippen molar-refractivity contribution in [3.8, 4) is 28.4 Å². The van der Waals surface area contributed by atoms with Crippen LogP contribution >= 0.6 is 11.6 Å². The molecule has 196 valence electrons. The van der Waals surface area contributed by atoms with Crippen molar-refractivity contribution in [2.75, 3.05) is 31.2 Å². The minimum absolute atomic E-state index is 0.240.